The molecular formula is C24H27N5O5S2. The van der Waals surface area contributed by atoms with Crippen molar-refractivity contribution in [1.29, 1.82) is 0 Å². The van der Waals surface area contributed by atoms with Gasteiger partial charge in [0.1, 0.15) is 0 Å². The number of sulfonamides is 2. The fourth-order valence-corrected chi connectivity index (χ4v) is 6.59. The van der Waals surface area contributed by atoms with Crippen molar-refractivity contribution >= 4 is 37.6 Å². The molecule has 1 aliphatic heterocycles. The summed E-state index contributed by atoms with van der Waals surface area (Å²) in [5.41, 5.74) is 1.27. The molecule has 0 spiro atoms. The molecule has 0 radical (unpaired) electrons. The predicted octanol–water partition coefficient (Wildman–Crippen LogP) is 3.40. The molecule has 2 aromatic carbocycles. The van der Waals surface area contributed by atoms with Gasteiger partial charge in [0.05, 0.1) is 9.79 Å². The number of rotatable bonds is 7. The number of hydrogen-bond donors (Lipinski definition) is 2. The largest absolute Gasteiger partial charge is 0.322 e. The number of aromatic nitrogens is 2. The summed E-state index contributed by atoms with van der Waals surface area (Å²) in [4.78, 5) is 20.7. The second-order valence-electron chi connectivity index (χ2n) is 8.59. The highest BCUT2D eigenvalue weighted by molar-refractivity contribution is 7.92. The van der Waals surface area contributed by atoms with Crippen molar-refractivity contribution < 1.29 is 21.6 Å². The van der Waals surface area contributed by atoms with Gasteiger partial charge in [-0.1, -0.05) is 6.42 Å². The Morgan fingerprint density at radius 2 is 1.61 bits per heavy atom. The second kappa shape index (κ2) is 10.3. The number of benzene rings is 2. The molecule has 0 aliphatic carbocycles. The maximum absolute atomic E-state index is 13.0. The van der Waals surface area contributed by atoms with E-state index in [1.165, 1.54) is 59.0 Å². The van der Waals surface area contributed by atoms with Crippen LogP contribution in [0.5, 0.6) is 0 Å². The number of amides is 1. The van der Waals surface area contributed by atoms with Crippen LogP contribution in [0.15, 0.2) is 70.6 Å². The van der Waals surface area contributed by atoms with Crippen LogP contribution in [0.2, 0.25) is 0 Å². The molecule has 2 N–H and O–H groups in total. The molecule has 190 valence electrons. The fourth-order valence-electron chi connectivity index (χ4n) is 3.94. The first-order chi connectivity index (χ1) is 17.1. The Morgan fingerprint density at radius 3 is 2.25 bits per heavy atom. The van der Waals surface area contributed by atoms with Crippen molar-refractivity contribution in [3.05, 3.63) is 72.1 Å². The van der Waals surface area contributed by atoms with E-state index in [1.54, 1.807) is 13.0 Å². The maximum atomic E-state index is 13.0. The Bertz CT molecular complexity index is 1460. The van der Waals surface area contributed by atoms with Gasteiger partial charge < -0.3 is 5.32 Å². The van der Waals surface area contributed by atoms with E-state index in [1.807, 2.05) is 6.92 Å². The fraction of sp³-hybridized carbons (Fsp3) is 0.292. The molecule has 0 bridgehead atoms. The lowest BCUT2D eigenvalue weighted by Gasteiger charge is -2.32. The Kier molecular flexibility index (Phi) is 7.38. The van der Waals surface area contributed by atoms with Gasteiger partial charge in [-0.3, -0.25) is 4.79 Å². The van der Waals surface area contributed by atoms with Crippen LogP contribution in [-0.2, 0) is 20.0 Å². The third kappa shape index (κ3) is 5.72. The van der Waals surface area contributed by atoms with Crippen LogP contribution in [0.1, 0.15) is 42.2 Å². The van der Waals surface area contributed by atoms with Gasteiger partial charge in [-0.15, -0.1) is 0 Å². The van der Waals surface area contributed by atoms with E-state index >= 15 is 0 Å². The molecule has 10 nitrogen and oxygen atoms in total. The molecule has 1 aromatic heterocycles. The van der Waals surface area contributed by atoms with Gasteiger partial charge in [0.2, 0.25) is 16.0 Å². The van der Waals surface area contributed by atoms with Crippen molar-refractivity contribution in [2.75, 3.05) is 16.6 Å². The molecular weight excluding hydrogens is 502 g/mol. The average Bonchev–Trinajstić information content (AvgIpc) is 2.84. The molecule has 1 fully saturated rings. The molecule has 0 unspecified atom stereocenters. The van der Waals surface area contributed by atoms with E-state index in [4.69, 9.17) is 0 Å². The summed E-state index contributed by atoms with van der Waals surface area (Å²) < 4.78 is 55.0. The minimum atomic E-state index is -3.91. The van der Waals surface area contributed by atoms with Gasteiger partial charge in [0.15, 0.2) is 0 Å². The van der Waals surface area contributed by atoms with Crippen LogP contribution in [0.3, 0.4) is 0 Å². The van der Waals surface area contributed by atoms with Gasteiger partial charge in [0.25, 0.3) is 15.9 Å². The lowest BCUT2D eigenvalue weighted by Crippen LogP contribution is -2.41. The summed E-state index contributed by atoms with van der Waals surface area (Å²) in [7, 11) is -7.53. The molecule has 1 saturated heterocycles. The number of aryl methyl sites for hydroxylation is 1. The number of carbonyl (C=O) groups excluding carboxylic acids is 1. The highest BCUT2D eigenvalue weighted by Crippen LogP contribution is 2.25. The first-order valence-electron chi connectivity index (χ1n) is 11.4. The SMILES string of the molecule is Cc1ccnc(NS(=O)(=O)c2ccc(NC(=O)c3ccc(S(=O)(=O)N4CCCC[C@@H]4C)cc3)cc2)n1. The molecule has 0 saturated carbocycles. The van der Waals surface area contributed by atoms with Gasteiger partial charge in [-0.05, 0) is 81.3 Å². The summed E-state index contributed by atoms with van der Waals surface area (Å²) in [6.45, 7) is 4.12. The smallest absolute Gasteiger partial charge is 0.264 e. The minimum absolute atomic E-state index is 0.0212. The number of carbonyl (C=O) groups is 1. The minimum Gasteiger partial charge on any atom is -0.322 e. The molecule has 1 amide bonds. The average molecular weight is 530 g/mol. The summed E-state index contributed by atoms with van der Waals surface area (Å²) in [6, 6.07) is 13.0. The standard InChI is InChI=1S/C24H27N5O5S2/c1-17-14-15-25-24(26-17)28-35(31,32)21-12-8-20(9-13-21)27-23(30)19-6-10-22(11-7-19)36(33,34)29-16-4-3-5-18(29)2/h6-15,18H,3-5,16H2,1-2H3,(H,27,30)(H,25,26,28)/t18-/m0/s1. The molecule has 12 heteroatoms. The lowest BCUT2D eigenvalue weighted by molar-refractivity contribution is 0.102. The molecule has 36 heavy (non-hydrogen) atoms. The predicted molar refractivity (Wildman–Crippen MR) is 136 cm³/mol. The maximum Gasteiger partial charge on any atom is 0.264 e. The zero-order valence-electron chi connectivity index (χ0n) is 19.9. The zero-order valence-corrected chi connectivity index (χ0v) is 21.5. The van der Waals surface area contributed by atoms with Crippen molar-refractivity contribution in [1.82, 2.24) is 14.3 Å². The number of nitrogens with zero attached hydrogens (tertiary/aromatic N) is 3. The van der Waals surface area contributed by atoms with Gasteiger partial charge in [0, 0.05) is 35.7 Å². The molecule has 3 aromatic rings. The number of nitrogens with one attached hydrogen (secondary N) is 2. The second-order valence-corrected chi connectivity index (χ2v) is 12.2. The summed E-state index contributed by atoms with van der Waals surface area (Å²) in [6.07, 6.45) is 4.13. The first-order valence-corrected chi connectivity index (χ1v) is 14.3. The van der Waals surface area contributed by atoms with E-state index in [2.05, 4.69) is 20.0 Å². The van der Waals surface area contributed by atoms with Crippen molar-refractivity contribution in [2.24, 2.45) is 0 Å². The van der Waals surface area contributed by atoms with Crippen molar-refractivity contribution in [2.45, 2.75) is 48.9 Å². The van der Waals surface area contributed by atoms with E-state index < -0.39 is 26.0 Å². The number of anilines is 2. The van der Waals surface area contributed by atoms with E-state index in [0.29, 0.717) is 17.9 Å². The topological polar surface area (TPSA) is 138 Å². The Morgan fingerprint density at radius 1 is 0.944 bits per heavy atom. The highest BCUT2D eigenvalue weighted by atomic mass is 32.2. The van der Waals surface area contributed by atoms with Crippen LogP contribution in [0.25, 0.3) is 0 Å². The van der Waals surface area contributed by atoms with Gasteiger partial charge in [-0.25, -0.2) is 31.5 Å². The molecule has 1 aliphatic rings. The van der Waals surface area contributed by atoms with Crippen LogP contribution in [-0.4, -0.2) is 49.6 Å². The Balaban J connectivity index is 1.42. The molecule has 4 rings (SSSR count). The first kappa shape index (κ1) is 25.7. The van der Waals surface area contributed by atoms with Gasteiger partial charge in [-0.2, -0.15) is 4.31 Å². The van der Waals surface area contributed by atoms with Crippen LogP contribution < -0.4 is 10.0 Å². The van der Waals surface area contributed by atoms with E-state index in [0.717, 1.165) is 19.3 Å². The quantitative estimate of drug-likeness (QED) is 0.478. The van der Waals surface area contributed by atoms with Crippen LogP contribution in [0, 0.1) is 6.92 Å². The zero-order chi connectivity index (χ0) is 25.9. The van der Waals surface area contributed by atoms with E-state index in [-0.39, 0.29) is 27.3 Å². The van der Waals surface area contributed by atoms with Crippen LogP contribution >= 0.6 is 0 Å². The summed E-state index contributed by atoms with van der Waals surface area (Å²) >= 11 is 0. The lowest BCUT2D eigenvalue weighted by atomic mass is 10.1. The third-order valence-electron chi connectivity index (χ3n) is 5.91. The van der Waals surface area contributed by atoms with Crippen LogP contribution in [0.4, 0.5) is 11.6 Å². The normalized spacial score (nSPS) is 16.9. The van der Waals surface area contributed by atoms with Gasteiger partial charge >= 0.3 is 0 Å². The Hall–Kier alpha value is -3.35. The number of piperidine rings is 1. The highest BCUT2D eigenvalue weighted by Gasteiger charge is 2.31. The van der Waals surface area contributed by atoms with Crippen molar-refractivity contribution in [3.63, 3.8) is 0 Å². The molecule has 2 heterocycles. The molecule has 1 atom stereocenters. The monoisotopic (exact) mass is 529 g/mol. The van der Waals surface area contributed by atoms with E-state index in [9.17, 15) is 21.6 Å². The summed E-state index contributed by atoms with van der Waals surface area (Å²) in [5.74, 6) is -0.486. The van der Waals surface area contributed by atoms with Crippen molar-refractivity contribution in [3.8, 4) is 0 Å². The summed E-state index contributed by atoms with van der Waals surface area (Å²) in [5, 5.41) is 2.68. The third-order valence-corrected chi connectivity index (χ3v) is 9.28. The number of hydrogen-bond acceptors (Lipinski definition) is 7. The Labute approximate surface area is 210 Å².